The maximum absolute atomic E-state index is 11.7. The summed E-state index contributed by atoms with van der Waals surface area (Å²) < 4.78 is 12.9. The lowest BCUT2D eigenvalue weighted by Crippen LogP contribution is -2.12. The first kappa shape index (κ1) is 27.2. The number of methoxy groups -OCH3 is 1. The van der Waals surface area contributed by atoms with Crippen LogP contribution in [0.4, 0.5) is 5.69 Å². The smallest absolute Gasteiger partial charge is 0.305 e. The summed E-state index contributed by atoms with van der Waals surface area (Å²) in [6.45, 7) is 7.72. The van der Waals surface area contributed by atoms with Gasteiger partial charge in [-0.05, 0) is 54.7 Å². The molecular formula is C29H39N3O4. The van der Waals surface area contributed by atoms with Gasteiger partial charge >= 0.3 is 5.97 Å². The average molecular weight is 494 g/mol. The van der Waals surface area contributed by atoms with E-state index in [1.165, 1.54) is 12.7 Å². The molecule has 194 valence electrons. The van der Waals surface area contributed by atoms with E-state index in [4.69, 9.17) is 14.5 Å². The molecule has 1 heterocycles. The Morgan fingerprint density at radius 3 is 2.58 bits per heavy atom. The molecule has 36 heavy (non-hydrogen) atoms. The van der Waals surface area contributed by atoms with Crippen molar-refractivity contribution in [2.75, 3.05) is 25.6 Å². The molecule has 1 aromatic heterocycles. The number of Topliss-reactive ketones (excluding diaryl/α,β-unsaturated/α-hetero) is 1. The van der Waals surface area contributed by atoms with Crippen LogP contribution in [0.15, 0.2) is 42.5 Å². The van der Waals surface area contributed by atoms with Crippen LogP contribution >= 0.6 is 0 Å². The van der Waals surface area contributed by atoms with E-state index in [0.717, 1.165) is 60.5 Å². The van der Waals surface area contributed by atoms with Crippen LogP contribution in [-0.2, 0) is 27.3 Å². The number of esters is 1. The van der Waals surface area contributed by atoms with Crippen molar-refractivity contribution in [2.24, 2.45) is 5.92 Å². The number of rotatable bonds is 15. The zero-order chi connectivity index (χ0) is 25.9. The van der Waals surface area contributed by atoms with E-state index in [1.54, 1.807) is 0 Å². The van der Waals surface area contributed by atoms with Crippen molar-refractivity contribution in [3.8, 4) is 5.75 Å². The standard InChI is InChI=1S/C29H39N3O4/c1-5-7-8-28-31-26-18-23(30-19-24(33)6-2)11-14-27(26)32(28)20-22-9-12-25(13-10-22)36-16-15-21(3)17-29(34)35-4/h9-14,18,21,30H,5-8,15-17,19-20H2,1-4H3. The molecule has 0 aliphatic carbocycles. The van der Waals surface area contributed by atoms with Crippen molar-refractivity contribution in [3.05, 3.63) is 53.9 Å². The number of unbranched alkanes of at least 4 members (excludes halogenated alkanes) is 1. The highest BCUT2D eigenvalue weighted by atomic mass is 16.5. The molecule has 0 saturated carbocycles. The van der Waals surface area contributed by atoms with Gasteiger partial charge in [0.1, 0.15) is 11.6 Å². The molecule has 0 spiro atoms. The molecule has 1 N–H and O–H groups in total. The highest BCUT2D eigenvalue weighted by molar-refractivity contribution is 5.84. The van der Waals surface area contributed by atoms with E-state index in [1.807, 2.05) is 38.1 Å². The lowest BCUT2D eigenvalue weighted by atomic mass is 10.1. The lowest BCUT2D eigenvalue weighted by Gasteiger charge is -2.13. The Bertz CT molecular complexity index is 1140. The third-order valence-electron chi connectivity index (χ3n) is 6.35. The predicted octanol–water partition coefficient (Wildman–Crippen LogP) is 5.79. The van der Waals surface area contributed by atoms with Crippen molar-refractivity contribution in [2.45, 2.75) is 65.8 Å². The second-order valence-corrected chi connectivity index (χ2v) is 9.33. The van der Waals surface area contributed by atoms with Crippen LogP contribution in [-0.4, -0.2) is 41.6 Å². The number of benzene rings is 2. The monoisotopic (exact) mass is 493 g/mol. The molecule has 1 unspecified atom stereocenters. The van der Waals surface area contributed by atoms with Crippen LogP contribution in [0.25, 0.3) is 11.0 Å². The van der Waals surface area contributed by atoms with Gasteiger partial charge in [-0.3, -0.25) is 9.59 Å². The lowest BCUT2D eigenvalue weighted by molar-refractivity contribution is -0.141. The molecule has 0 saturated heterocycles. The largest absolute Gasteiger partial charge is 0.494 e. The van der Waals surface area contributed by atoms with Gasteiger partial charge < -0.3 is 19.4 Å². The molecule has 0 aliphatic heterocycles. The Balaban J connectivity index is 1.67. The van der Waals surface area contributed by atoms with Gasteiger partial charge in [-0.1, -0.05) is 39.3 Å². The van der Waals surface area contributed by atoms with E-state index < -0.39 is 0 Å². The summed E-state index contributed by atoms with van der Waals surface area (Å²) in [5.74, 6) is 2.12. The Kier molecular flexibility index (Phi) is 10.3. The van der Waals surface area contributed by atoms with Crippen LogP contribution in [0.3, 0.4) is 0 Å². The molecular weight excluding hydrogens is 454 g/mol. The zero-order valence-electron chi connectivity index (χ0n) is 22.0. The van der Waals surface area contributed by atoms with Gasteiger partial charge in [0.2, 0.25) is 0 Å². The SMILES string of the molecule is CCCCc1nc2cc(NCC(=O)CC)ccc2n1Cc1ccc(OCCC(C)CC(=O)OC)cc1. The molecule has 0 aliphatic rings. The Morgan fingerprint density at radius 1 is 1.11 bits per heavy atom. The third-order valence-corrected chi connectivity index (χ3v) is 6.35. The predicted molar refractivity (Wildman–Crippen MR) is 144 cm³/mol. The quantitative estimate of drug-likeness (QED) is 0.270. The number of aromatic nitrogens is 2. The van der Waals surface area contributed by atoms with Gasteiger partial charge in [-0.2, -0.15) is 0 Å². The number of ether oxygens (including phenoxy) is 2. The highest BCUT2D eigenvalue weighted by Crippen LogP contribution is 2.24. The molecule has 3 rings (SSSR count). The topological polar surface area (TPSA) is 82.5 Å². The molecule has 7 nitrogen and oxygen atoms in total. The van der Waals surface area contributed by atoms with Gasteiger partial charge in [0, 0.05) is 31.5 Å². The number of hydrogen-bond donors (Lipinski definition) is 1. The summed E-state index contributed by atoms with van der Waals surface area (Å²) in [6.07, 6.45) is 4.85. The highest BCUT2D eigenvalue weighted by Gasteiger charge is 2.13. The van der Waals surface area contributed by atoms with Gasteiger partial charge in [0.05, 0.1) is 31.3 Å². The van der Waals surface area contributed by atoms with Crippen molar-refractivity contribution >= 4 is 28.5 Å². The van der Waals surface area contributed by atoms with Crippen LogP contribution in [0.1, 0.15) is 64.3 Å². The van der Waals surface area contributed by atoms with Crippen LogP contribution < -0.4 is 10.1 Å². The average Bonchev–Trinajstić information content (AvgIpc) is 3.22. The molecule has 3 aromatic rings. The van der Waals surface area contributed by atoms with E-state index in [2.05, 4.69) is 35.0 Å². The minimum absolute atomic E-state index is 0.184. The maximum atomic E-state index is 11.7. The first-order valence-corrected chi connectivity index (χ1v) is 13.0. The minimum atomic E-state index is -0.184. The van der Waals surface area contributed by atoms with Crippen molar-refractivity contribution in [3.63, 3.8) is 0 Å². The summed E-state index contributed by atoms with van der Waals surface area (Å²) in [5, 5.41) is 3.22. The molecule has 2 aromatic carbocycles. The fourth-order valence-electron chi connectivity index (χ4n) is 4.04. The molecule has 0 radical (unpaired) electrons. The molecule has 0 amide bonds. The summed E-state index contributed by atoms with van der Waals surface area (Å²) in [4.78, 5) is 28.0. The molecule has 1 atom stereocenters. The number of carbonyl (C=O) groups excluding carboxylic acids is 2. The fraction of sp³-hybridized carbons (Fsp3) is 0.483. The number of nitrogens with zero attached hydrogens (tertiary/aromatic N) is 2. The normalized spacial score (nSPS) is 11.9. The number of hydrogen-bond acceptors (Lipinski definition) is 6. The van der Waals surface area contributed by atoms with Crippen molar-refractivity contribution in [1.29, 1.82) is 0 Å². The van der Waals surface area contributed by atoms with E-state index in [9.17, 15) is 9.59 Å². The first-order valence-electron chi connectivity index (χ1n) is 13.0. The molecule has 0 fully saturated rings. The number of anilines is 1. The van der Waals surface area contributed by atoms with E-state index in [0.29, 0.717) is 26.0 Å². The van der Waals surface area contributed by atoms with Gasteiger partial charge in [0.15, 0.2) is 5.78 Å². The van der Waals surface area contributed by atoms with Crippen molar-refractivity contribution in [1.82, 2.24) is 9.55 Å². The summed E-state index contributed by atoms with van der Waals surface area (Å²) in [7, 11) is 1.42. The number of fused-ring (bicyclic) bond motifs is 1. The number of ketones is 1. The Morgan fingerprint density at radius 2 is 1.89 bits per heavy atom. The Hall–Kier alpha value is -3.35. The second kappa shape index (κ2) is 13.7. The van der Waals surface area contributed by atoms with Crippen molar-refractivity contribution < 1.29 is 19.1 Å². The number of imidazole rings is 1. The number of carbonyl (C=O) groups is 2. The van der Waals surface area contributed by atoms with Crippen LogP contribution in [0, 0.1) is 5.92 Å². The van der Waals surface area contributed by atoms with Gasteiger partial charge in [-0.15, -0.1) is 0 Å². The molecule has 0 bridgehead atoms. The number of nitrogens with one attached hydrogen (secondary N) is 1. The van der Waals surface area contributed by atoms with Gasteiger partial charge in [0.25, 0.3) is 0 Å². The third kappa shape index (κ3) is 7.83. The van der Waals surface area contributed by atoms with Crippen LogP contribution in [0.2, 0.25) is 0 Å². The number of aryl methyl sites for hydroxylation is 1. The fourth-order valence-corrected chi connectivity index (χ4v) is 4.04. The zero-order valence-corrected chi connectivity index (χ0v) is 22.0. The van der Waals surface area contributed by atoms with Crippen LogP contribution in [0.5, 0.6) is 5.75 Å². The van der Waals surface area contributed by atoms with Gasteiger partial charge in [-0.25, -0.2) is 4.98 Å². The minimum Gasteiger partial charge on any atom is -0.494 e. The van der Waals surface area contributed by atoms with E-state index >= 15 is 0 Å². The summed E-state index contributed by atoms with van der Waals surface area (Å²) in [5.41, 5.74) is 4.12. The Labute approximate surface area is 214 Å². The second-order valence-electron chi connectivity index (χ2n) is 9.33. The first-order chi connectivity index (χ1) is 17.4. The summed E-state index contributed by atoms with van der Waals surface area (Å²) in [6, 6.07) is 14.3. The summed E-state index contributed by atoms with van der Waals surface area (Å²) >= 11 is 0. The van der Waals surface area contributed by atoms with E-state index in [-0.39, 0.29) is 17.7 Å². The molecule has 7 heteroatoms. The maximum Gasteiger partial charge on any atom is 0.305 e.